The predicted octanol–water partition coefficient (Wildman–Crippen LogP) is 16.3. The zero-order valence-electron chi connectivity index (χ0n) is 32.6. The third-order valence-corrected chi connectivity index (χ3v) is 13.3. The van der Waals surface area contributed by atoms with E-state index in [1.807, 2.05) is 18.2 Å². The molecule has 2 heterocycles. The van der Waals surface area contributed by atoms with E-state index >= 15 is 0 Å². The van der Waals surface area contributed by atoms with Crippen LogP contribution in [0.2, 0.25) is 0 Å². The molecule has 0 amide bonds. The average molecular weight is 753 g/mol. The van der Waals surface area contributed by atoms with Crippen LogP contribution >= 0.6 is 0 Å². The van der Waals surface area contributed by atoms with Crippen molar-refractivity contribution < 1.29 is 8.83 Å². The van der Waals surface area contributed by atoms with E-state index in [1.54, 1.807) is 0 Å². The Hall–Kier alpha value is -7.42. The maximum Gasteiger partial charge on any atom is 0.179 e. The van der Waals surface area contributed by atoms with Crippen LogP contribution in [0, 0.1) is 0 Å². The number of hydrogen-bond donors (Lipinski definition) is 0. The lowest BCUT2D eigenvalue weighted by molar-refractivity contribution is 0.633. The van der Waals surface area contributed by atoms with Crippen LogP contribution in [0.5, 0.6) is 0 Å². The lowest BCUT2D eigenvalue weighted by atomic mass is 9.80. The first-order chi connectivity index (χ1) is 29.0. The van der Waals surface area contributed by atoms with Crippen molar-refractivity contribution in [1.82, 2.24) is 0 Å². The Balaban J connectivity index is 1.02. The van der Waals surface area contributed by atoms with E-state index in [9.17, 15) is 0 Å². The quantitative estimate of drug-likeness (QED) is 0.168. The summed E-state index contributed by atoms with van der Waals surface area (Å²) in [6.07, 6.45) is 0. The van der Waals surface area contributed by atoms with Crippen LogP contribution in [-0.4, -0.2) is 0 Å². The lowest BCUT2D eigenvalue weighted by Crippen LogP contribution is -2.15. The minimum absolute atomic E-state index is 0.198. The van der Waals surface area contributed by atoms with Crippen molar-refractivity contribution in [3.8, 4) is 44.5 Å². The Labute approximate surface area is 340 Å². The van der Waals surface area contributed by atoms with Gasteiger partial charge in [-0.1, -0.05) is 166 Å². The highest BCUT2D eigenvalue weighted by Gasteiger charge is 2.36. The molecule has 2 nitrogen and oxygen atoms in total. The van der Waals surface area contributed by atoms with Crippen molar-refractivity contribution in [2.45, 2.75) is 19.3 Å². The molecule has 0 bridgehead atoms. The Morgan fingerprint density at radius 1 is 0.339 bits per heavy atom. The fourth-order valence-corrected chi connectivity index (χ4v) is 10.5. The fraction of sp³-hybridized carbons (Fsp3) is 0.0526. The largest absolute Gasteiger partial charge is 0.452 e. The summed E-state index contributed by atoms with van der Waals surface area (Å²) >= 11 is 0. The smallest absolute Gasteiger partial charge is 0.179 e. The van der Waals surface area contributed by atoms with Gasteiger partial charge in [0.2, 0.25) is 0 Å². The fourth-order valence-electron chi connectivity index (χ4n) is 10.5. The Kier molecular flexibility index (Phi) is 6.54. The first-order valence-corrected chi connectivity index (χ1v) is 20.5. The molecule has 0 saturated heterocycles. The highest BCUT2D eigenvalue weighted by Crippen LogP contribution is 2.53. The molecule has 0 atom stereocenters. The molecule has 59 heavy (non-hydrogen) atoms. The zero-order chi connectivity index (χ0) is 39.0. The molecule has 1 aliphatic carbocycles. The second-order valence-corrected chi connectivity index (χ2v) is 16.7. The highest BCUT2D eigenvalue weighted by molar-refractivity contribution is 6.25. The maximum atomic E-state index is 6.61. The third-order valence-electron chi connectivity index (χ3n) is 13.3. The van der Waals surface area contributed by atoms with E-state index in [4.69, 9.17) is 8.83 Å². The van der Waals surface area contributed by atoms with Crippen LogP contribution in [0.25, 0.3) is 121 Å². The van der Waals surface area contributed by atoms with E-state index in [0.717, 1.165) is 49.4 Å². The van der Waals surface area contributed by atoms with Crippen molar-refractivity contribution in [2.24, 2.45) is 0 Å². The molecule has 276 valence electrons. The van der Waals surface area contributed by atoms with E-state index in [-0.39, 0.29) is 5.41 Å². The predicted molar refractivity (Wildman–Crippen MR) is 247 cm³/mol. The molecule has 0 fully saturated rings. The van der Waals surface area contributed by atoms with Gasteiger partial charge in [-0.15, -0.1) is 0 Å². The molecule has 0 aliphatic heterocycles. The summed E-state index contributed by atoms with van der Waals surface area (Å²) in [6, 6.07) is 66.6. The molecule has 10 aromatic carbocycles. The van der Waals surface area contributed by atoms with Gasteiger partial charge in [-0.05, 0) is 118 Å². The molecule has 1 aliphatic rings. The third kappa shape index (κ3) is 4.46. The van der Waals surface area contributed by atoms with Gasteiger partial charge in [-0.3, -0.25) is 0 Å². The van der Waals surface area contributed by atoms with E-state index < -0.39 is 0 Å². The minimum Gasteiger partial charge on any atom is -0.452 e. The molecular formula is C57H36O2. The summed E-state index contributed by atoms with van der Waals surface area (Å²) in [5.74, 6) is 0. The highest BCUT2D eigenvalue weighted by atomic mass is 16.4. The normalized spacial score (nSPS) is 13.4. The van der Waals surface area contributed by atoms with Gasteiger partial charge in [0.05, 0.1) is 0 Å². The second kappa shape index (κ2) is 11.8. The van der Waals surface area contributed by atoms with Gasteiger partial charge in [-0.25, -0.2) is 0 Å². The lowest BCUT2D eigenvalue weighted by Gasteiger charge is -2.23. The Bertz CT molecular complexity index is 3700. The van der Waals surface area contributed by atoms with Crippen molar-refractivity contribution in [1.29, 1.82) is 0 Å². The summed E-state index contributed by atoms with van der Waals surface area (Å²) < 4.78 is 13.1. The molecule has 0 unspecified atom stereocenters. The Morgan fingerprint density at radius 3 is 1.66 bits per heavy atom. The van der Waals surface area contributed by atoms with Crippen molar-refractivity contribution in [2.75, 3.05) is 0 Å². The van der Waals surface area contributed by atoms with Crippen LogP contribution in [0.15, 0.2) is 191 Å². The number of benzene rings is 10. The minimum atomic E-state index is -0.198. The number of fused-ring (bicyclic) bond motifs is 13. The molecule has 0 N–H and O–H groups in total. The summed E-state index contributed by atoms with van der Waals surface area (Å²) in [5, 5.41) is 11.9. The Morgan fingerprint density at radius 2 is 0.915 bits per heavy atom. The number of hydrogen-bond acceptors (Lipinski definition) is 2. The van der Waals surface area contributed by atoms with Gasteiger partial charge in [0.25, 0.3) is 0 Å². The molecule has 0 spiro atoms. The molecule has 2 heteroatoms. The van der Waals surface area contributed by atoms with Crippen LogP contribution in [0.1, 0.15) is 25.0 Å². The maximum absolute atomic E-state index is 6.61. The molecule has 13 rings (SSSR count). The average Bonchev–Trinajstić information content (AvgIpc) is 3.93. The van der Waals surface area contributed by atoms with Gasteiger partial charge in [-0.2, -0.15) is 0 Å². The van der Waals surface area contributed by atoms with Gasteiger partial charge in [0.15, 0.2) is 11.2 Å². The monoisotopic (exact) mass is 752 g/mol. The van der Waals surface area contributed by atoms with Gasteiger partial charge in [0.1, 0.15) is 11.2 Å². The summed E-state index contributed by atoms with van der Waals surface area (Å²) in [7, 11) is 0. The first kappa shape index (κ1) is 32.6. The summed E-state index contributed by atoms with van der Waals surface area (Å²) in [5.41, 5.74) is 15.8. The van der Waals surface area contributed by atoms with Crippen molar-refractivity contribution in [3.05, 3.63) is 193 Å². The van der Waals surface area contributed by atoms with Crippen molar-refractivity contribution >= 4 is 76.2 Å². The molecular weight excluding hydrogens is 717 g/mol. The SMILES string of the molecule is CC1(C)c2ccc(-c3cc4c5ccccc5oc4c4oc5ccccc5c34)cc2-c2ccc(-c3c4ccccc4c(-c4cccc5ccccc45)c4ccccc34)cc21. The second-order valence-electron chi connectivity index (χ2n) is 16.7. The van der Waals surface area contributed by atoms with Crippen LogP contribution in [-0.2, 0) is 5.41 Å². The van der Waals surface area contributed by atoms with E-state index in [2.05, 4.69) is 178 Å². The molecule has 0 saturated carbocycles. The van der Waals surface area contributed by atoms with Gasteiger partial charge in [0, 0.05) is 27.0 Å². The summed E-state index contributed by atoms with van der Waals surface area (Å²) in [6.45, 7) is 4.76. The van der Waals surface area contributed by atoms with E-state index in [0.29, 0.717) is 0 Å². The summed E-state index contributed by atoms with van der Waals surface area (Å²) in [4.78, 5) is 0. The van der Waals surface area contributed by atoms with Gasteiger partial charge >= 0.3 is 0 Å². The van der Waals surface area contributed by atoms with Crippen molar-refractivity contribution in [3.63, 3.8) is 0 Å². The number of para-hydroxylation sites is 2. The topological polar surface area (TPSA) is 26.3 Å². The zero-order valence-corrected chi connectivity index (χ0v) is 32.6. The number of rotatable bonds is 3. The van der Waals surface area contributed by atoms with Crippen LogP contribution < -0.4 is 0 Å². The molecule has 0 radical (unpaired) electrons. The molecule has 2 aromatic heterocycles. The standard InChI is InChI=1S/C57H36O2/c1-57(2)48-29-27-34(45-32-47-38-17-9-11-24-50(38)58-55(47)56-54(45)44-22-10-12-25-51(44)59-56)30-46(48)37-28-26-35(31-49(37)57)52-40-18-5-7-20-42(40)53(43-21-8-6-19-41(43)52)39-23-13-15-33-14-3-4-16-36(33)39/h3-32H,1-2H3. The number of furan rings is 2. The van der Waals surface area contributed by atoms with E-state index in [1.165, 1.54) is 82.4 Å². The van der Waals surface area contributed by atoms with Crippen LogP contribution in [0.4, 0.5) is 0 Å². The first-order valence-electron chi connectivity index (χ1n) is 20.5. The van der Waals surface area contributed by atoms with Gasteiger partial charge < -0.3 is 8.83 Å². The van der Waals surface area contributed by atoms with Crippen LogP contribution in [0.3, 0.4) is 0 Å². The molecule has 12 aromatic rings.